The SMILES string of the molecule is CCCC[C@H]1C(=O)N(C)[C@@H](CCCC)C(=O)N[C@@H](C)C(=O)N[C@H](C(=O)NCC(N)=O)CSCC(=O)N[C@@H](Cc2ccccc2)C(=O)N(C)[C@@H](C)C(=O)N[C@@H](CC(N)=O)C(=O)N2CCC[C@H]2C(=O)N[C@@H](CN)C(=O)N[C@@H](CCC(=O)O)C(=O)N2C[C@H](O)C[C@H]2C(=O)N[C@@H](Cc2c[nH]c3ccccc23)C(=O)N[C@@H](CCN)C(=O)N[C@@H](Cc2c[nH]c3ccccc23)C(=O)N1C. The van der Waals surface area contributed by atoms with Crippen LogP contribution in [0.3, 0.4) is 0 Å². The van der Waals surface area contributed by atoms with E-state index in [0.29, 0.717) is 64.2 Å². The van der Waals surface area contributed by atoms with Gasteiger partial charge in [0.15, 0.2) is 0 Å². The first-order valence-corrected chi connectivity index (χ1v) is 43.6. The van der Waals surface area contributed by atoms with Crippen molar-refractivity contribution in [3.63, 3.8) is 0 Å². The highest BCUT2D eigenvalue weighted by Gasteiger charge is 2.46. The molecular formula is C85H119N21O20S. The van der Waals surface area contributed by atoms with Crippen LogP contribution in [0.25, 0.3) is 21.8 Å². The van der Waals surface area contributed by atoms with Crippen LogP contribution < -0.4 is 76.1 Å². The molecule has 41 nitrogen and oxygen atoms in total. The smallest absolute Gasteiger partial charge is 0.303 e. The molecule has 3 aromatic carbocycles. The largest absolute Gasteiger partial charge is 0.481 e. The third-order valence-electron chi connectivity index (χ3n) is 22.8. The molecule has 0 saturated carbocycles. The monoisotopic (exact) mass is 1790 g/mol. The van der Waals surface area contributed by atoms with Gasteiger partial charge in [-0.1, -0.05) is 106 Å². The van der Waals surface area contributed by atoms with Gasteiger partial charge in [-0.25, -0.2) is 0 Å². The summed E-state index contributed by atoms with van der Waals surface area (Å²) in [5.74, 6) is -18.4. The number of amides is 17. The van der Waals surface area contributed by atoms with Gasteiger partial charge in [0.2, 0.25) is 100 Å². The van der Waals surface area contributed by atoms with Crippen LogP contribution >= 0.6 is 11.8 Å². The van der Waals surface area contributed by atoms with Crippen molar-refractivity contribution < 1.29 is 96.5 Å². The highest BCUT2D eigenvalue weighted by atomic mass is 32.2. The number of carboxylic acid groups (broad SMARTS) is 1. The van der Waals surface area contributed by atoms with E-state index in [-0.39, 0.29) is 70.2 Å². The molecule has 8 rings (SSSR count). The van der Waals surface area contributed by atoms with Crippen LogP contribution in [-0.2, 0) is 106 Å². The molecule has 127 heavy (non-hydrogen) atoms. The Hall–Kier alpha value is -12.6. The number of aromatic nitrogens is 2. The van der Waals surface area contributed by atoms with Crippen molar-refractivity contribution in [2.24, 2.45) is 22.9 Å². The zero-order valence-electron chi connectivity index (χ0n) is 72.3. The molecule has 0 bridgehead atoms. The summed E-state index contributed by atoms with van der Waals surface area (Å²) in [5, 5.41) is 48.5. The number of H-pyrrole nitrogens is 2. The number of carbonyl (C=O) groups excluding carboxylic acids is 17. The fraction of sp³-hybridized carbons (Fsp3) is 0.529. The number of likely N-dealkylation sites (N-methyl/N-ethyl adjacent to an activating group) is 3. The van der Waals surface area contributed by atoms with Crippen molar-refractivity contribution in [2.45, 2.75) is 221 Å². The van der Waals surface area contributed by atoms with Crippen molar-refractivity contribution in [3.8, 4) is 0 Å². The zero-order chi connectivity index (χ0) is 93.0. The highest BCUT2D eigenvalue weighted by molar-refractivity contribution is 8.00. The number of aliphatic carboxylic acids is 1. The second-order valence-corrected chi connectivity index (χ2v) is 33.2. The Morgan fingerprint density at radius 2 is 1.04 bits per heavy atom. The second kappa shape index (κ2) is 47.7. The summed E-state index contributed by atoms with van der Waals surface area (Å²) >= 11 is 0.803. The van der Waals surface area contributed by atoms with Gasteiger partial charge in [-0.05, 0) is 87.7 Å². The Morgan fingerprint density at radius 3 is 1.65 bits per heavy atom. The summed E-state index contributed by atoms with van der Waals surface area (Å²) in [6.45, 7) is 3.97. The fourth-order valence-corrected chi connectivity index (χ4v) is 16.4. The molecule has 0 aliphatic carbocycles. The summed E-state index contributed by atoms with van der Waals surface area (Å²) in [6, 6.07) is 0.861. The minimum absolute atomic E-state index is 0.0318. The lowest BCUT2D eigenvalue weighted by molar-refractivity contribution is -0.149. The number of hydrogen-bond acceptors (Lipinski definition) is 22. The van der Waals surface area contributed by atoms with Gasteiger partial charge in [0.1, 0.15) is 84.6 Å². The molecule has 0 spiro atoms. The first kappa shape index (κ1) is 99.8. The number of rotatable bonds is 23. The molecule has 17 amide bonds. The Labute approximate surface area is 738 Å². The maximum Gasteiger partial charge on any atom is 0.303 e. The lowest BCUT2D eigenvalue weighted by Crippen LogP contribution is -2.61. The van der Waals surface area contributed by atoms with E-state index in [4.69, 9.17) is 22.9 Å². The molecule has 3 saturated heterocycles. The number of hydrogen-bond donors (Lipinski definition) is 18. The average Bonchev–Trinajstić information content (AvgIpc) is 1.73. The molecular weight excluding hydrogens is 1670 g/mol. The van der Waals surface area contributed by atoms with Crippen LogP contribution in [0.1, 0.15) is 128 Å². The summed E-state index contributed by atoms with van der Waals surface area (Å²) in [5.41, 5.74) is 26.2. The average molecular weight is 1790 g/mol. The van der Waals surface area contributed by atoms with E-state index in [2.05, 4.69) is 63.1 Å². The fourth-order valence-electron chi connectivity index (χ4n) is 15.6. The number of benzene rings is 3. The second-order valence-electron chi connectivity index (χ2n) is 32.1. The predicted octanol–water partition coefficient (Wildman–Crippen LogP) is -3.71. The number of nitrogens with zero attached hydrogens (tertiary/aromatic N) is 5. The summed E-state index contributed by atoms with van der Waals surface area (Å²) in [6.07, 6.45) is 0.103. The number of primary amides is 2. The van der Waals surface area contributed by atoms with E-state index in [0.717, 1.165) is 26.5 Å². The number of fused-ring (bicyclic) bond motifs is 4. The minimum Gasteiger partial charge on any atom is -0.481 e. The van der Waals surface area contributed by atoms with Crippen LogP contribution in [0, 0.1) is 0 Å². The van der Waals surface area contributed by atoms with Gasteiger partial charge in [-0.2, -0.15) is 0 Å². The number of nitrogens with two attached hydrogens (primary N) is 4. The van der Waals surface area contributed by atoms with E-state index in [9.17, 15) is 67.7 Å². The van der Waals surface area contributed by atoms with Gasteiger partial charge in [-0.15, -0.1) is 11.8 Å². The van der Waals surface area contributed by atoms with Crippen molar-refractivity contribution in [1.29, 1.82) is 0 Å². The number of para-hydroxylation sites is 2. The Bertz CT molecular complexity index is 4800. The van der Waals surface area contributed by atoms with Crippen molar-refractivity contribution in [3.05, 3.63) is 108 Å². The van der Waals surface area contributed by atoms with Crippen LogP contribution in [0.15, 0.2) is 91.3 Å². The zero-order valence-corrected chi connectivity index (χ0v) is 73.1. The molecule has 15 atom stereocenters. The summed E-state index contributed by atoms with van der Waals surface area (Å²) in [4.78, 5) is 270. The maximum absolute atomic E-state index is 15.7. The third-order valence-corrected chi connectivity index (χ3v) is 23.9. The molecule has 3 aliphatic rings. The topological polar surface area (TPSA) is 620 Å². The highest BCUT2D eigenvalue weighted by Crippen LogP contribution is 2.27. The van der Waals surface area contributed by atoms with Gasteiger partial charge in [0, 0.05) is 113 Å². The van der Waals surface area contributed by atoms with E-state index < -0.39 is 248 Å². The van der Waals surface area contributed by atoms with Gasteiger partial charge in [0.05, 0.1) is 24.8 Å². The molecule has 0 radical (unpaired) electrons. The van der Waals surface area contributed by atoms with Crippen molar-refractivity contribution in [2.75, 3.05) is 65.4 Å². The lowest BCUT2D eigenvalue weighted by Gasteiger charge is -2.36. The number of nitrogens with one attached hydrogen (secondary N) is 12. The molecule has 5 heterocycles. The van der Waals surface area contributed by atoms with Gasteiger partial charge in [0.25, 0.3) is 0 Å². The van der Waals surface area contributed by atoms with Crippen LogP contribution in [0.4, 0.5) is 0 Å². The first-order chi connectivity index (χ1) is 60.5. The standard InChI is InChI=1S/C85H119N21O20S/c1-8-10-26-64-78(119)93-46(3)72(113)101-63(74(115)92-42-69(89)109)44-127-45-70(110)94-59(34-48-20-13-12-14-21-48)81(122)102(5)47(4)73(114)98-61(38-68(88)108)84(125)105-33-19-28-65(105)79(120)100-62(39-87)77(118)96-57(29-30-71(111)112)83(124)106-43-51(107)37-67(106)80(121)97-58(35-49-40-90-54-24-17-15-22-52(49)54)76(117)95-56(31-32-86)75(116)99-60(36-50-41-91-55-25-18-16-23-53(50)55)82(123)104(7)66(27-11-9-2)85(126)103(64)6/h12-18,20-25,40-41,46-47,51,56-67,90-91,107H,8-11,19,26-39,42-45,86-87H2,1-7H3,(H2,88,108)(H2,89,109)(H,92,115)(H,93,119)(H,94,110)(H,95,117)(H,96,118)(H,97,121)(H,98,114)(H,99,116)(H,100,120)(H,101,113)(H,111,112)/t46-,47-,51+,56-,57-,58-,59-,60-,61-,62-,63-,64-,65-,66-,67-/m0/s1. The molecule has 3 aliphatic heterocycles. The predicted molar refractivity (Wildman–Crippen MR) is 465 cm³/mol. The van der Waals surface area contributed by atoms with Gasteiger partial charge in [-0.3, -0.25) is 86.3 Å². The van der Waals surface area contributed by atoms with Crippen molar-refractivity contribution in [1.82, 2.24) is 87.6 Å². The Balaban J connectivity index is 1.17. The Kier molecular flexibility index (Phi) is 37.5. The lowest BCUT2D eigenvalue weighted by atomic mass is 10.00. The van der Waals surface area contributed by atoms with Crippen LogP contribution in [0.2, 0.25) is 0 Å². The molecule has 42 heteroatoms. The number of carbonyl (C=O) groups is 18. The molecule has 2 aromatic heterocycles. The Morgan fingerprint density at radius 1 is 0.512 bits per heavy atom. The van der Waals surface area contributed by atoms with Gasteiger partial charge >= 0.3 is 5.97 Å². The quantitative estimate of drug-likeness (QED) is 0.0299. The molecule has 690 valence electrons. The third kappa shape index (κ3) is 27.5. The van der Waals surface area contributed by atoms with E-state index >= 15 is 28.8 Å². The van der Waals surface area contributed by atoms with E-state index in [1.54, 1.807) is 91.3 Å². The van der Waals surface area contributed by atoms with Crippen LogP contribution in [-0.4, -0.2) is 307 Å². The molecule has 3 fully saturated rings. The van der Waals surface area contributed by atoms with Crippen molar-refractivity contribution >= 4 is 140 Å². The normalized spacial score (nSPS) is 25.6. The van der Waals surface area contributed by atoms with E-state index in [1.165, 1.54) is 44.8 Å². The number of thioether (sulfide) groups is 1. The summed E-state index contributed by atoms with van der Waals surface area (Å²) < 4.78 is 0. The molecule has 5 aromatic rings. The number of aliphatic hydroxyl groups is 1. The first-order valence-electron chi connectivity index (χ1n) is 42.5. The molecule has 0 unspecified atom stereocenters. The molecule has 22 N–H and O–H groups in total. The summed E-state index contributed by atoms with van der Waals surface area (Å²) in [7, 11) is 3.97. The number of aliphatic hydroxyl groups excluding tert-OH is 1. The number of carboxylic acids is 1. The maximum atomic E-state index is 15.7. The number of aromatic amines is 2. The van der Waals surface area contributed by atoms with Gasteiger partial charge < -0.3 is 121 Å². The minimum atomic E-state index is -1.82. The van der Waals surface area contributed by atoms with Crippen LogP contribution in [0.5, 0.6) is 0 Å². The van der Waals surface area contributed by atoms with E-state index in [1.807, 2.05) is 13.8 Å². The number of unbranched alkanes of at least 4 members (excludes halogenated alkanes) is 2.